The van der Waals surface area contributed by atoms with Crippen molar-refractivity contribution in [3.8, 4) is 5.75 Å². The van der Waals surface area contributed by atoms with Gasteiger partial charge in [0, 0.05) is 24.1 Å². The van der Waals surface area contributed by atoms with Gasteiger partial charge >= 0.3 is 0 Å². The lowest BCUT2D eigenvalue weighted by molar-refractivity contribution is 0.206. The molecule has 2 aromatic heterocycles. The number of anilines is 1. The molecule has 9 heteroatoms. The van der Waals surface area contributed by atoms with E-state index in [1.807, 2.05) is 19.1 Å². The number of pyridine rings is 1. The normalized spacial score (nSPS) is 16.8. The van der Waals surface area contributed by atoms with Gasteiger partial charge in [0.15, 0.2) is 5.82 Å². The van der Waals surface area contributed by atoms with Crippen molar-refractivity contribution in [1.82, 2.24) is 19.5 Å². The first kappa shape index (κ1) is 17.0. The Hall–Kier alpha value is -2.39. The van der Waals surface area contributed by atoms with Crippen LogP contribution in [0, 0.1) is 0 Å². The predicted octanol–water partition coefficient (Wildman–Crippen LogP) is 4.15. The number of halogens is 2. The highest BCUT2D eigenvalue weighted by molar-refractivity contribution is 7.93. The first-order valence-electron chi connectivity index (χ1n) is 8.19. The fraction of sp³-hybridized carbons (Fsp3) is 0.294. The standard InChI is InChI=1S/C17H17F2N5OS/c1-10(11-4-6-20-7-5-11)23-26-25-15-9-21-24-14(16(18)19)8-13(12-2-3-12)22-17(15)24/h4-10,16,22-23H,2-3H2,1H3. The maximum atomic E-state index is 13.4. The van der Waals surface area contributed by atoms with Crippen LogP contribution in [0.25, 0.3) is 5.70 Å². The zero-order valence-corrected chi connectivity index (χ0v) is 14.8. The van der Waals surface area contributed by atoms with Gasteiger partial charge in [-0.3, -0.25) is 4.98 Å². The third-order valence-corrected chi connectivity index (χ3v) is 4.91. The van der Waals surface area contributed by atoms with E-state index in [-0.39, 0.29) is 11.7 Å². The third-order valence-electron chi connectivity index (χ3n) is 4.19. The molecule has 4 rings (SSSR count). The molecule has 0 saturated heterocycles. The number of allylic oxidation sites excluding steroid dienone is 3. The van der Waals surface area contributed by atoms with E-state index >= 15 is 0 Å². The Balaban J connectivity index is 1.47. The molecule has 1 aliphatic heterocycles. The summed E-state index contributed by atoms with van der Waals surface area (Å²) in [6, 6.07) is 3.85. The Morgan fingerprint density at radius 2 is 2.08 bits per heavy atom. The summed E-state index contributed by atoms with van der Waals surface area (Å²) in [6.45, 7) is 1.99. The molecule has 0 radical (unpaired) electrons. The number of nitrogens with zero attached hydrogens (tertiary/aromatic N) is 3. The lowest BCUT2D eigenvalue weighted by Crippen LogP contribution is -2.18. The Morgan fingerprint density at radius 1 is 1.31 bits per heavy atom. The van der Waals surface area contributed by atoms with E-state index in [9.17, 15) is 8.78 Å². The summed E-state index contributed by atoms with van der Waals surface area (Å²) in [7, 11) is 0. The van der Waals surface area contributed by atoms with Gasteiger partial charge < -0.3 is 9.50 Å². The van der Waals surface area contributed by atoms with Crippen LogP contribution < -0.4 is 14.2 Å². The molecule has 0 amide bonds. The quantitative estimate of drug-likeness (QED) is 0.582. The van der Waals surface area contributed by atoms with Gasteiger partial charge in [0.05, 0.1) is 6.20 Å². The highest BCUT2D eigenvalue weighted by Crippen LogP contribution is 2.40. The van der Waals surface area contributed by atoms with Crippen LogP contribution >= 0.6 is 12.2 Å². The molecule has 2 aliphatic rings. The topological polar surface area (TPSA) is 64.0 Å². The minimum Gasteiger partial charge on any atom is -0.404 e. The van der Waals surface area contributed by atoms with Gasteiger partial charge in [-0.25, -0.2) is 18.2 Å². The molecule has 2 aromatic rings. The van der Waals surface area contributed by atoms with Crippen LogP contribution in [0.2, 0.25) is 0 Å². The van der Waals surface area contributed by atoms with E-state index < -0.39 is 6.43 Å². The highest BCUT2D eigenvalue weighted by Gasteiger charge is 2.29. The van der Waals surface area contributed by atoms with Crippen LogP contribution in [0.5, 0.6) is 5.75 Å². The van der Waals surface area contributed by atoms with Crippen molar-refractivity contribution in [2.45, 2.75) is 32.2 Å². The average Bonchev–Trinajstić information content (AvgIpc) is 3.43. The number of hydrogen-bond acceptors (Lipinski definition) is 6. The van der Waals surface area contributed by atoms with Gasteiger partial charge in [-0.2, -0.15) is 5.10 Å². The molecule has 6 nitrogen and oxygen atoms in total. The van der Waals surface area contributed by atoms with Gasteiger partial charge in [-0.05, 0) is 49.1 Å². The SMILES string of the molecule is CC(NSOc1cnn2c1NC(=C1CC1)C=C2C(F)F)c1ccncc1. The van der Waals surface area contributed by atoms with Gasteiger partial charge in [0.2, 0.25) is 5.75 Å². The molecule has 1 fully saturated rings. The maximum absolute atomic E-state index is 13.4. The second kappa shape index (κ2) is 7.08. The van der Waals surface area contributed by atoms with E-state index in [0.717, 1.165) is 41.9 Å². The fourth-order valence-electron chi connectivity index (χ4n) is 2.62. The number of nitrogens with one attached hydrogen (secondary N) is 2. The molecule has 0 spiro atoms. The molecule has 1 atom stereocenters. The number of alkyl halides is 2. The summed E-state index contributed by atoms with van der Waals surface area (Å²) in [6.07, 6.45) is 5.59. The first-order chi connectivity index (χ1) is 12.6. The molecule has 1 saturated carbocycles. The molecule has 26 heavy (non-hydrogen) atoms. The molecule has 1 aliphatic carbocycles. The van der Waals surface area contributed by atoms with E-state index in [0.29, 0.717) is 11.6 Å². The minimum atomic E-state index is -2.62. The van der Waals surface area contributed by atoms with Crippen molar-refractivity contribution < 1.29 is 13.0 Å². The maximum Gasteiger partial charge on any atom is 0.280 e. The van der Waals surface area contributed by atoms with E-state index in [4.69, 9.17) is 4.18 Å². The number of fused-ring (bicyclic) bond motifs is 1. The molecule has 0 bridgehead atoms. The van der Waals surface area contributed by atoms with Crippen LogP contribution in [-0.2, 0) is 0 Å². The lowest BCUT2D eigenvalue weighted by Gasteiger charge is -2.20. The molecule has 0 aromatic carbocycles. The molecule has 136 valence electrons. The number of aromatic nitrogens is 3. The molecule has 2 N–H and O–H groups in total. The van der Waals surface area contributed by atoms with Crippen LogP contribution in [0.1, 0.15) is 31.4 Å². The van der Waals surface area contributed by atoms with E-state index in [1.165, 1.54) is 17.0 Å². The van der Waals surface area contributed by atoms with E-state index in [2.05, 4.69) is 20.1 Å². The zero-order valence-electron chi connectivity index (χ0n) is 13.9. The van der Waals surface area contributed by atoms with Crippen molar-refractivity contribution >= 4 is 23.7 Å². The number of rotatable bonds is 6. The summed E-state index contributed by atoms with van der Waals surface area (Å²) in [4.78, 5) is 3.99. The largest absolute Gasteiger partial charge is 0.404 e. The molecular weight excluding hydrogens is 360 g/mol. The third kappa shape index (κ3) is 3.45. The number of hydrogen-bond donors (Lipinski definition) is 2. The minimum absolute atomic E-state index is 0.0306. The van der Waals surface area contributed by atoms with Crippen molar-refractivity contribution in [3.63, 3.8) is 0 Å². The highest BCUT2D eigenvalue weighted by atomic mass is 32.2. The Kier molecular flexibility index (Phi) is 4.64. The average molecular weight is 377 g/mol. The summed E-state index contributed by atoms with van der Waals surface area (Å²) < 4.78 is 36.7. The Bertz CT molecular complexity index is 859. The van der Waals surface area contributed by atoms with Gasteiger partial charge in [0.25, 0.3) is 6.43 Å². The van der Waals surface area contributed by atoms with Gasteiger partial charge in [-0.1, -0.05) is 0 Å². The van der Waals surface area contributed by atoms with Crippen LogP contribution in [0.3, 0.4) is 0 Å². The van der Waals surface area contributed by atoms with E-state index in [1.54, 1.807) is 12.4 Å². The van der Waals surface area contributed by atoms with Crippen molar-refractivity contribution in [3.05, 3.63) is 53.6 Å². The molecular formula is C17H17F2N5OS. The Labute approximate surface area is 153 Å². The lowest BCUT2D eigenvalue weighted by atomic mass is 10.1. The van der Waals surface area contributed by atoms with Crippen LogP contribution in [0.4, 0.5) is 14.6 Å². The van der Waals surface area contributed by atoms with Crippen molar-refractivity contribution in [1.29, 1.82) is 0 Å². The first-order valence-corrected chi connectivity index (χ1v) is 8.94. The summed E-state index contributed by atoms with van der Waals surface area (Å²) in [5.41, 5.74) is 2.78. The van der Waals surface area contributed by atoms with Crippen LogP contribution in [-0.4, -0.2) is 21.2 Å². The summed E-state index contributed by atoms with van der Waals surface area (Å²) in [5.74, 6) is 0.817. The summed E-state index contributed by atoms with van der Waals surface area (Å²) in [5, 5.41) is 7.20. The fourth-order valence-corrected chi connectivity index (χ4v) is 3.16. The van der Waals surface area contributed by atoms with Gasteiger partial charge in [-0.15, -0.1) is 0 Å². The van der Waals surface area contributed by atoms with Crippen LogP contribution in [0.15, 0.2) is 48.1 Å². The second-order valence-corrected chi connectivity index (χ2v) is 6.64. The van der Waals surface area contributed by atoms with Crippen molar-refractivity contribution in [2.24, 2.45) is 0 Å². The predicted molar refractivity (Wildman–Crippen MR) is 96.4 cm³/mol. The second-order valence-electron chi connectivity index (χ2n) is 6.07. The van der Waals surface area contributed by atoms with Gasteiger partial charge in [0.1, 0.15) is 17.9 Å². The molecule has 3 heterocycles. The summed E-state index contributed by atoms with van der Waals surface area (Å²) >= 11 is 1.03. The Morgan fingerprint density at radius 3 is 2.77 bits per heavy atom. The monoisotopic (exact) mass is 377 g/mol. The smallest absolute Gasteiger partial charge is 0.280 e. The molecule has 1 unspecified atom stereocenters. The van der Waals surface area contributed by atoms with Crippen molar-refractivity contribution in [2.75, 3.05) is 5.32 Å². The zero-order chi connectivity index (χ0) is 18.1.